The first-order valence-corrected chi connectivity index (χ1v) is 5.36. The molecule has 1 aromatic heterocycles. The van der Waals surface area contributed by atoms with Gasteiger partial charge in [0, 0.05) is 26.3 Å². The van der Waals surface area contributed by atoms with Crippen molar-refractivity contribution >= 4 is 22.5 Å². The predicted molar refractivity (Wildman–Crippen MR) is 66.2 cm³/mol. The molecule has 92 valence electrons. The number of benzene rings is 1. The normalized spacial score (nSPS) is 10.9. The van der Waals surface area contributed by atoms with Crippen molar-refractivity contribution in [1.82, 2.24) is 4.98 Å². The molecule has 2 rings (SSSR count). The van der Waals surface area contributed by atoms with Gasteiger partial charge in [-0.05, 0) is 12.5 Å². The first-order valence-electron chi connectivity index (χ1n) is 5.36. The lowest BCUT2D eigenvalue weighted by Gasteiger charge is -2.08. The molecule has 1 aromatic carbocycles. The quantitative estimate of drug-likeness (QED) is 0.536. The fraction of sp³-hybridized carbons (Fsp3) is 0.364. The molecular weight excluding hydrogens is 222 g/mol. The Morgan fingerprint density at radius 3 is 3.12 bits per heavy atom. The fourth-order valence-corrected chi connectivity index (χ4v) is 1.61. The van der Waals surface area contributed by atoms with E-state index in [1.165, 1.54) is 0 Å². The van der Waals surface area contributed by atoms with Gasteiger partial charge in [0.15, 0.2) is 5.58 Å². The summed E-state index contributed by atoms with van der Waals surface area (Å²) in [5.74, 6) is -0.476. The molecule has 0 fully saturated rings. The van der Waals surface area contributed by atoms with Crippen LogP contribution in [0.25, 0.3) is 11.1 Å². The van der Waals surface area contributed by atoms with Crippen LogP contribution in [0.4, 0.5) is 11.4 Å². The summed E-state index contributed by atoms with van der Waals surface area (Å²) in [7, 11) is 1.66. The van der Waals surface area contributed by atoms with Gasteiger partial charge in [-0.3, -0.25) is 4.98 Å². The van der Waals surface area contributed by atoms with Crippen molar-refractivity contribution in [1.29, 1.82) is 0 Å². The predicted octanol–water partition coefficient (Wildman–Crippen LogP) is 1.15. The van der Waals surface area contributed by atoms with E-state index in [0.29, 0.717) is 23.4 Å². The van der Waals surface area contributed by atoms with Crippen LogP contribution in [0.2, 0.25) is 0 Å². The van der Waals surface area contributed by atoms with Crippen LogP contribution in [0.3, 0.4) is 0 Å². The van der Waals surface area contributed by atoms with Crippen LogP contribution < -0.4 is 16.8 Å². The van der Waals surface area contributed by atoms with Gasteiger partial charge in [0.1, 0.15) is 0 Å². The molecule has 0 saturated carbocycles. The maximum Gasteiger partial charge on any atom is 0.417 e. The Balaban J connectivity index is 2.16. The van der Waals surface area contributed by atoms with E-state index in [-0.39, 0.29) is 0 Å². The Morgan fingerprint density at radius 1 is 1.53 bits per heavy atom. The van der Waals surface area contributed by atoms with E-state index < -0.39 is 5.76 Å². The topological polar surface area (TPSA) is 93.3 Å². The average molecular weight is 237 g/mol. The Morgan fingerprint density at radius 2 is 2.35 bits per heavy atom. The molecule has 6 nitrogen and oxygen atoms in total. The number of H-pyrrole nitrogens is 1. The van der Waals surface area contributed by atoms with Crippen molar-refractivity contribution < 1.29 is 9.15 Å². The number of aromatic amines is 1. The first-order chi connectivity index (χ1) is 8.20. The summed E-state index contributed by atoms with van der Waals surface area (Å²) in [5, 5.41) is 3.18. The Kier molecular flexibility index (Phi) is 3.34. The van der Waals surface area contributed by atoms with Gasteiger partial charge in [0.25, 0.3) is 0 Å². The van der Waals surface area contributed by atoms with Crippen molar-refractivity contribution in [3.05, 3.63) is 22.7 Å². The highest BCUT2D eigenvalue weighted by Crippen LogP contribution is 2.24. The van der Waals surface area contributed by atoms with Crippen molar-refractivity contribution in [2.45, 2.75) is 6.42 Å². The SMILES string of the molecule is COCCCNc1cc2[nH]c(=O)oc2cc1N. The molecule has 2 aromatic rings. The van der Waals surface area contributed by atoms with Gasteiger partial charge in [0.05, 0.1) is 16.9 Å². The number of hydrogen-bond donors (Lipinski definition) is 3. The molecule has 0 radical (unpaired) electrons. The standard InChI is InChI=1S/C11H15N3O3/c1-16-4-2-3-13-8-6-9-10(5-7(8)12)17-11(15)14-9/h5-6,13H,2-4,12H2,1H3,(H,14,15). The zero-order valence-corrected chi connectivity index (χ0v) is 9.58. The second kappa shape index (κ2) is 4.92. The molecule has 4 N–H and O–H groups in total. The smallest absolute Gasteiger partial charge is 0.408 e. The summed E-state index contributed by atoms with van der Waals surface area (Å²) < 4.78 is 9.86. The van der Waals surface area contributed by atoms with Gasteiger partial charge in [0.2, 0.25) is 0 Å². The number of fused-ring (bicyclic) bond motifs is 1. The number of nitrogens with one attached hydrogen (secondary N) is 2. The van der Waals surface area contributed by atoms with E-state index in [4.69, 9.17) is 14.9 Å². The number of nitrogen functional groups attached to an aromatic ring is 1. The van der Waals surface area contributed by atoms with Gasteiger partial charge < -0.3 is 20.2 Å². The van der Waals surface area contributed by atoms with Crippen molar-refractivity contribution in [2.75, 3.05) is 31.3 Å². The summed E-state index contributed by atoms with van der Waals surface area (Å²) in [4.78, 5) is 13.6. The molecule has 0 aliphatic heterocycles. The third-order valence-corrected chi connectivity index (χ3v) is 2.43. The lowest BCUT2D eigenvalue weighted by atomic mass is 10.2. The molecule has 0 aliphatic carbocycles. The number of aromatic nitrogens is 1. The highest BCUT2D eigenvalue weighted by molar-refractivity contribution is 5.85. The maximum absolute atomic E-state index is 11.0. The molecule has 0 saturated heterocycles. The molecule has 0 bridgehead atoms. The third-order valence-electron chi connectivity index (χ3n) is 2.43. The molecule has 0 atom stereocenters. The molecule has 1 heterocycles. The number of oxazole rings is 1. The largest absolute Gasteiger partial charge is 0.417 e. The number of rotatable bonds is 5. The lowest BCUT2D eigenvalue weighted by Crippen LogP contribution is -2.06. The summed E-state index contributed by atoms with van der Waals surface area (Å²) in [6.07, 6.45) is 0.885. The highest BCUT2D eigenvalue weighted by atomic mass is 16.5. The van der Waals surface area contributed by atoms with Gasteiger partial charge >= 0.3 is 5.76 Å². The van der Waals surface area contributed by atoms with Crippen molar-refractivity contribution in [3.8, 4) is 0 Å². The monoisotopic (exact) mass is 237 g/mol. The summed E-state index contributed by atoms with van der Waals surface area (Å²) in [6, 6.07) is 3.40. The molecule has 0 amide bonds. The van der Waals surface area contributed by atoms with E-state index >= 15 is 0 Å². The van der Waals surface area contributed by atoms with Crippen LogP contribution in [0.15, 0.2) is 21.3 Å². The summed E-state index contributed by atoms with van der Waals surface area (Å²) in [6.45, 7) is 1.45. The number of hydrogen-bond acceptors (Lipinski definition) is 5. The van der Waals surface area contributed by atoms with E-state index in [9.17, 15) is 4.79 Å². The molecule has 6 heteroatoms. The van der Waals surface area contributed by atoms with Crippen LogP contribution in [0, 0.1) is 0 Å². The number of ether oxygens (including phenoxy) is 1. The number of methoxy groups -OCH3 is 1. The van der Waals surface area contributed by atoms with E-state index in [1.54, 1.807) is 19.2 Å². The first kappa shape index (κ1) is 11.5. The highest BCUT2D eigenvalue weighted by Gasteiger charge is 2.06. The van der Waals surface area contributed by atoms with Crippen LogP contribution >= 0.6 is 0 Å². The molecule has 17 heavy (non-hydrogen) atoms. The Bertz CT molecular complexity index is 559. The molecular formula is C11H15N3O3. The third kappa shape index (κ3) is 2.59. The summed E-state index contributed by atoms with van der Waals surface area (Å²) in [5.41, 5.74) is 8.28. The van der Waals surface area contributed by atoms with E-state index in [0.717, 1.165) is 18.7 Å². The van der Waals surface area contributed by atoms with E-state index in [1.807, 2.05) is 0 Å². The average Bonchev–Trinajstić information content (AvgIpc) is 2.63. The van der Waals surface area contributed by atoms with Gasteiger partial charge in [-0.1, -0.05) is 0 Å². The fourth-order valence-electron chi connectivity index (χ4n) is 1.61. The van der Waals surface area contributed by atoms with Crippen LogP contribution in [0.1, 0.15) is 6.42 Å². The number of anilines is 2. The molecule has 0 spiro atoms. The second-order valence-electron chi connectivity index (χ2n) is 3.72. The molecule has 0 aliphatic rings. The zero-order chi connectivity index (χ0) is 12.3. The minimum Gasteiger partial charge on any atom is -0.408 e. The minimum atomic E-state index is -0.476. The maximum atomic E-state index is 11.0. The number of nitrogens with two attached hydrogens (primary N) is 1. The second-order valence-corrected chi connectivity index (χ2v) is 3.72. The van der Waals surface area contributed by atoms with Gasteiger partial charge in [-0.2, -0.15) is 0 Å². The van der Waals surface area contributed by atoms with Gasteiger partial charge in [-0.15, -0.1) is 0 Å². The zero-order valence-electron chi connectivity index (χ0n) is 9.58. The van der Waals surface area contributed by atoms with Crippen molar-refractivity contribution in [3.63, 3.8) is 0 Å². The van der Waals surface area contributed by atoms with Gasteiger partial charge in [-0.25, -0.2) is 4.79 Å². The lowest BCUT2D eigenvalue weighted by molar-refractivity contribution is 0.198. The molecule has 0 unspecified atom stereocenters. The van der Waals surface area contributed by atoms with Crippen LogP contribution in [0.5, 0.6) is 0 Å². The summed E-state index contributed by atoms with van der Waals surface area (Å²) >= 11 is 0. The minimum absolute atomic E-state index is 0.468. The van der Waals surface area contributed by atoms with Crippen LogP contribution in [-0.2, 0) is 4.74 Å². The Hall–Kier alpha value is -1.95. The van der Waals surface area contributed by atoms with Crippen LogP contribution in [-0.4, -0.2) is 25.2 Å². The van der Waals surface area contributed by atoms with E-state index in [2.05, 4.69) is 10.3 Å². The van der Waals surface area contributed by atoms with Crippen molar-refractivity contribution in [2.24, 2.45) is 0 Å². The Labute approximate surface area is 97.8 Å².